The lowest BCUT2D eigenvalue weighted by Crippen LogP contribution is -2.49. The van der Waals surface area contributed by atoms with Crippen molar-refractivity contribution in [1.82, 2.24) is 10.2 Å². The predicted octanol–water partition coefficient (Wildman–Crippen LogP) is 2.67. The number of benzene rings is 1. The number of carboxylic acids is 1. The zero-order valence-corrected chi connectivity index (χ0v) is 15.2. The van der Waals surface area contributed by atoms with Crippen LogP contribution in [0.1, 0.15) is 39.2 Å². The van der Waals surface area contributed by atoms with E-state index in [0.29, 0.717) is 19.4 Å². The quantitative estimate of drug-likeness (QED) is 0.826. The number of alkyl carbamates (subject to hydrolysis) is 1. The second kappa shape index (κ2) is 8.34. The normalized spacial score (nSPS) is 19.4. The number of ether oxygens (including phenoxy) is 1. The van der Waals surface area contributed by atoms with Gasteiger partial charge in [-0.1, -0.05) is 30.3 Å². The molecule has 0 spiro atoms. The first-order valence-corrected chi connectivity index (χ1v) is 8.75. The summed E-state index contributed by atoms with van der Waals surface area (Å²) in [5.41, 5.74) is 0.521. The van der Waals surface area contributed by atoms with Crippen molar-refractivity contribution in [1.29, 1.82) is 0 Å². The third-order valence-corrected chi connectivity index (χ3v) is 4.15. The van der Waals surface area contributed by atoms with E-state index in [0.717, 1.165) is 18.5 Å². The van der Waals surface area contributed by atoms with Gasteiger partial charge in [0.2, 0.25) is 0 Å². The number of amides is 1. The molecule has 1 aromatic rings. The predicted molar refractivity (Wildman–Crippen MR) is 95.5 cm³/mol. The highest BCUT2D eigenvalue weighted by Crippen LogP contribution is 2.19. The highest BCUT2D eigenvalue weighted by Gasteiger charge is 2.32. The van der Waals surface area contributed by atoms with Gasteiger partial charge in [-0.2, -0.15) is 0 Å². The van der Waals surface area contributed by atoms with Gasteiger partial charge in [0.05, 0.1) is 0 Å². The van der Waals surface area contributed by atoms with E-state index in [1.165, 1.54) is 0 Å². The molecule has 1 amide bonds. The van der Waals surface area contributed by atoms with Gasteiger partial charge < -0.3 is 15.2 Å². The first kappa shape index (κ1) is 19.2. The second-order valence-electron chi connectivity index (χ2n) is 7.52. The third kappa shape index (κ3) is 6.38. The average molecular weight is 348 g/mol. The average Bonchev–Trinajstić information content (AvgIpc) is 2.94. The molecule has 0 radical (unpaired) electrons. The molecule has 0 aliphatic carbocycles. The van der Waals surface area contributed by atoms with Crippen LogP contribution in [0.15, 0.2) is 30.3 Å². The van der Waals surface area contributed by atoms with E-state index >= 15 is 0 Å². The van der Waals surface area contributed by atoms with Gasteiger partial charge >= 0.3 is 12.1 Å². The lowest BCUT2D eigenvalue weighted by Gasteiger charge is -2.29. The molecule has 138 valence electrons. The van der Waals surface area contributed by atoms with Crippen LogP contribution in [-0.4, -0.2) is 52.8 Å². The lowest BCUT2D eigenvalue weighted by molar-refractivity contribution is -0.142. The summed E-state index contributed by atoms with van der Waals surface area (Å²) in [4.78, 5) is 25.5. The highest BCUT2D eigenvalue weighted by atomic mass is 16.6. The summed E-state index contributed by atoms with van der Waals surface area (Å²) in [5, 5.41) is 12.3. The van der Waals surface area contributed by atoms with Crippen molar-refractivity contribution in [2.75, 3.05) is 13.1 Å². The molecule has 0 saturated carbocycles. The topological polar surface area (TPSA) is 78.9 Å². The minimum atomic E-state index is -0.798. The molecule has 1 aliphatic rings. The summed E-state index contributed by atoms with van der Waals surface area (Å²) in [6, 6.07) is 9.17. The van der Waals surface area contributed by atoms with Gasteiger partial charge in [0.25, 0.3) is 0 Å². The molecule has 1 aliphatic heterocycles. The number of nitrogens with one attached hydrogen (secondary N) is 1. The number of hydrogen-bond donors (Lipinski definition) is 2. The molecule has 25 heavy (non-hydrogen) atoms. The number of carbonyl (C=O) groups is 2. The highest BCUT2D eigenvalue weighted by molar-refractivity contribution is 5.73. The molecular formula is C19H28N2O4. The smallest absolute Gasteiger partial charge is 0.407 e. The van der Waals surface area contributed by atoms with Crippen LogP contribution in [0.4, 0.5) is 4.79 Å². The van der Waals surface area contributed by atoms with Crippen LogP contribution in [-0.2, 0) is 16.0 Å². The molecule has 2 atom stereocenters. The molecule has 6 nitrogen and oxygen atoms in total. The molecule has 0 unspecified atom stereocenters. The number of likely N-dealkylation sites (tertiary alicyclic amines) is 1. The van der Waals surface area contributed by atoms with E-state index < -0.39 is 23.7 Å². The SMILES string of the molecule is CC(C)(C)OC(=O)N[C@H](Cc1ccccc1)CN1CCC[C@H]1C(=O)O. The fourth-order valence-corrected chi connectivity index (χ4v) is 3.14. The largest absolute Gasteiger partial charge is 0.480 e. The number of carboxylic acid groups (broad SMARTS) is 1. The van der Waals surface area contributed by atoms with Crippen molar-refractivity contribution in [3.05, 3.63) is 35.9 Å². The van der Waals surface area contributed by atoms with E-state index in [1.54, 1.807) is 0 Å². The van der Waals surface area contributed by atoms with Crippen LogP contribution in [0.2, 0.25) is 0 Å². The van der Waals surface area contributed by atoms with E-state index in [9.17, 15) is 14.7 Å². The Morgan fingerprint density at radius 3 is 2.60 bits per heavy atom. The molecule has 1 saturated heterocycles. The van der Waals surface area contributed by atoms with Gasteiger partial charge in [-0.25, -0.2) is 4.79 Å². The number of aliphatic carboxylic acids is 1. The third-order valence-electron chi connectivity index (χ3n) is 4.15. The monoisotopic (exact) mass is 348 g/mol. The fourth-order valence-electron chi connectivity index (χ4n) is 3.14. The van der Waals surface area contributed by atoms with E-state index in [2.05, 4.69) is 5.32 Å². The Bertz CT molecular complexity index is 583. The van der Waals surface area contributed by atoms with Crippen molar-refractivity contribution in [3.8, 4) is 0 Å². The van der Waals surface area contributed by atoms with E-state index in [-0.39, 0.29) is 6.04 Å². The van der Waals surface area contributed by atoms with Gasteiger partial charge in [0.1, 0.15) is 11.6 Å². The maximum Gasteiger partial charge on any atom is 0.407 e. The van der Waals surface area contributed by atoms with Crippen molar-refractivity contribution in [2.45, 2.75) is 57.7 Å². The van der Waals surface area contributed by atoms with Crippen LogP contribution in [0.25, 0.3) is 0 Å². The van der Waals surface area contributed by atoms with Crippen molar-refractivity contribution in [3.63, 3.8) is 0 Å². The summed E-state index contributed by atoms with van der Waals surface area (Å²) in [5.74, 6) is -0.798. The number of carbonyl (C=O) groups excluding carboxylic acids is 1. The molecule has 2 rings (SSSR count). The number of hydrogen-bond acceptors (Lipinski definition) is 4. The Balaban J connectivity index is 2.06. The van der Waals surface area contributed by atoms with Gasteiger partial charge in [-0.3, -0.25) is 9.69 Å². The Labute approximate surface area is 149 Å². The Kier molecular flexibility index (Phi) is 6.42. The van der Waals surface area contributed by atoms with Crippen LogP contribution in [0, 0.1) is 0 Å². The lowest BCUT2D eigenvalue weighted by atomic mass is 10.1. The summed E-state index contributed by atoms with van der Waals surface area (Å²) in [6.07, 6.45) is 1.67. The second-order valence-corrected chi connectivity index (χ2v) is 7.52. The molecule has 2 N–H and O–H groups in total. The fraction of sp³-hybridized carbons (Fsp3) is 0.579. The molecular weight excluding hydrogens is 320 g/mol. The maximum atomic E-state index is 12.2. The van der Waals surface area contributed by atoms with Crippen LogP contribution >= 0.6 is 0 Å². The molecule has 1 fully saturated rings. The molecule has 0 aromatic heterocycles. The zero-order valence-electron chi connectivity index (χ0n) is 15.2. The van der Waals surface area contributed by atoms with Gasteiger partial charge in [0.15, 0.2) is 0 Å². The number of nitrogens with zero attached hydrogens (tertiary/aromatic N) is 1. The molecule has 6 heteroatoms. The van der Waals surface area contributed by atoms with Crippen molar-refractivity contribution < 1.29 is 19.4 Å². The van der Waals surface area contributed by atoms with Crippen molar-refractivity contribution >= 4 is 12.1 Å². The minimum absolute atomic E-state index is 0.211. The van der Waals surface area contributed by atoms with E-state index in [1.807, 2.05) is 56.0 Å². The molecule has 1 heterocycles. The van der Waals surface area contributed by atoms with Crippen LogP contribution in [0.5, 0.6) is 0 Å². The van der Waals surface area contributed by atoms with Crippen LogP contribution in [0.3, 0.4) is 0 Å². The van der Waals surface area contributed by atoms with Gasteiger partial charge in [0, 0.05) is 12.6 Å². The van der Waals surface area contributed by atoms with Crippen molar-refractivity contribution in [2.24, 2.45) is 0 Å². The standard InChI is InChI=1S/C19H28N2O4/c1-19(2,3)25-18(24)20-15(12-14-8-5-4-6-9-14)13-21-11-7-10-16(21)17(22)23/h4-6,8-9,15-16H,7,10-13H2,1-3H3,(H,20,24)(H,22,23)/t15-,16+/m1/s1. The first-order valence-electron chi connectivity index (χ1n) is 8.75. The summed E-state index contributed by atoms with van der Waals surface area (Å²) < 4.78 is 5.36. The number of rotatable bonds is 6. The molecule has 0 bridgehead atoms. The van der Waals surface area contributed by atoms with Gasteiger partial charge in [-0.05, 0) is 52.1 Å². The minimum Gasteiger partial charge on any atom is -0.480 e. The Morgan fingerprint density at radius 2 is 2.00 bits per heavy atom. The summed E-state index contributed by atoms with van der Waals surface area (Å²) >= 11 is 0. The zero-order chi connectivity index (χ0) is 18.4. The van der Waals surface area contributed by atoms with E-state index in [4.69, 9.17) is 4.74 Å². The maximum absolute atomic E-state index is 12.2. The van der Waals surface area contributed by atoms with Crippen LogP contribution < -0.4 is 5.32 Å². The molecule has 1 aromatic carbocycles. The first-order chi connectivity index (χ1) is 11.7. The Morgan fingerprint density at radius 1 is 1.32 bits per heavy atom. The summed E-state index contributed by atoms with van der Waals surface area (Å²) in [7, 11) is 0. The van der Waals surface area contributed by atoms with Gasteiger partial charge in [-0.15, -0.1) is 0 Å². The Hall–Kier alpha value is -2.08. The summed E-state index contributed by atoms with van der Waals surface area (Å²) in [6.45, 7) is 6.68.